The summed E-state index contributed by atoms with van der Waals surface area (Å²) in [6.07, 6.45) is 0. The first-order chi connectivity index (χ1) is 14.0. The Labute approximate surface area is 167 Å². The van der Waals surface area contributed by atoms with Gasteiger partial charge < -0.3 is 4.18 Å². The Hall–Kier alpha value is -3.22. The summed E-state index contributed by atoms with van der Waals surface area (Å²) in [6, 6.07) is 24.5. The summed E-state index contributed by atoms with van der Waals surface area (Å²) >= 11 is 0. The molecule has 0 aromatic heterocycles. The second-order valence-electron chi connectivity index (χ2n) is 6.90. The Balaban J connectivity index is 1.61. The van der Waals surface area contributed by atoms with Crippen LogP contribution in [0, 0.1) is 5.82 Å². The molecule has 144 valence electrons. The summed E-state index contributed by atoms with van der Waals surface area (Å²) in [5.74, 6) is -0.273. The molecule has 0 amide bonds. The van der Waals surface area contributed by atoms with Crippen LogP contribution in [-0.2, 0) is 16.8 Å². The molecule has 0 aliphatic carbocycles. The minimum atomic E-state index is -3.89. The van der Waals surface area contributed by atoms with Crippen LogP contribution in [0.15, 0.2) is 78.9 Å². The third-order valence-corrected chi connectivity index (χ3v) is 5.94. The lowest BCUT2D eigenvalue weighted by Gasteiger charge is -2.21. The molecule has 29 heavy (non-hydrogen) atoms. The van der Waals surface area contributed by atoms with Gasteiger partial charge in [0.1, 0.15) is 5.82 Å². The summed E-state index contributed by atoms with van der Waals surface area (Å²) < 4.78 is 45.1. The number of nitrogens with one attached hydrogen (secondary N) is 1. The maximum Gasteiger partial charge on any atom is 0.382 e. The molecule has 4 nitrogen and oxygen atoms in total. The van der Waals surface area contributed by atoms with Crippen LogP contribution in [0.4, 0.5) is 4.39 Å². The predicted octanol–water partition coefficient (Wildman–Crippen LogP) is 5.04. The van der Waals surface area contributed by atoms with Crippen molar-refractivity contribution < 1.29 is 17.0 Å². The zero-order valence-corrected chi connectivity index (χ0v) is 16.0. The molecule has 0 spiro atoms. The summed E-state index contributed by atoms with van der Waals surface area (Å²) in [4.78, 5) is 0. The minimum Gasteiger partial charge on any atom is -0.370 e. The van der Waals surface area contributed by atoms with Gasteiger partial charge in [0.2, 0.25) is 0 Å². The molecule has 0 atom stereocenters. The van der Waals surface area contributed by atoms with E-state index in [-0.39, 0.29) is 12.3 Å². The van der Waals surface area contributed by atoms with Gasteiger partial charge in [-0.05, 0) is 39.6 Å². The lowest BCUT2D eigenvalue weighted by molar-refractivity contribution is 0.452. The van der Waals surface area contributed by atoms with Crippen molar-refractivity contribution in [2.24, 2.45) is 0 Å². The zero-order valence-electron chi connectivity index (χ0n) is 15.2. The molecule has 1 N–H and O–H groups in total. The second kappa shape index (κ2) is 6.69. The Morgan fingerprint density at radius 3 is 2.31 bits per heavy atom. The fraction of sp³-hybridized carbons (Fsp3) is 0.0435. The van der Waals surface area contributed by atoms with Crippen molar-refractivity contribution in [3.8, 4) is 28.0 Å². The average Bonchev–Trinajstić information content (AvgIpc) is 2.73. The van der Waals surface area contributed by atoms with Gasteiger partial charge in [0.05, 0.1) is 0 Å². The van der Waals surface area contributed by atoms with Gasteiger partial charge in [0.15, 0.2) is 5.75 Å². The van der Waals surface area contributed by atoms with Crippen molar-refractivity contribution in [1.29, 1.82) is 0 Å². The largest absolute Gasteiger partial charge is 0.382 e. The molecule has 6 heteroatoms. The van der Waals surface area contributed by atoms with E-state index in [1.54, 1.807) is 0 Å². The molecule has 5 rings (SSSR count). The predicted molar refractivity (Wildman–Crippen MR) is 111 cm³/mol. The van der Waals surface area contributed by atoms with Crippen molar-refractivity contribution >= 4 is 21.1 Å². The molecule has 0 fully saturated rings. The van der Waals surface area contributed by atoms with Crippen LogP contribution in [0.1, 0.15) is 5.56 Å². The number of hydrogen-bond donors (Lipinski definition) is 1. The SMILES string of the molecule is O=S1(=O)NCc2cc(F)cc(-c3ccc(-c4cccc5ccccc45)cc3)c2O1. The van der Waals surface area contributed by atoms with E-state index in [0.29, 0.717) is 16.7 Å². The molecule has 4 aromatic carbocycles. The van der Waals surface area contributed by atoms with Crippen LogP contribution in [0.2, 0.25) is 0 Å². The third-order valence-electron chi connectivity index (χ3n) is 5.06. The molecule has 0 unspecified atom stereocenters. The average molecular weight is 405 g/mol. The Kier molecular flexibility index (Phi) is 4.12. The van der Waals surface area contributed by atoms with Crippen molar-refractivity contribution in [2.45, 2.75) is 6.54 Å². The van der Waals surface area contributed by atoms with E-state index in [1.165, 1.54) is 12.1 Å². The topological polar surface area (TPSA) is 55.4 Å². The van der Waals surface area contributed by atoms with Crippen LogP contribution >= 0.6 is 0 Å². The maximum absolute atomic E-state index is 14.1. The molecule has 1 aliphatic heterocycles. The van der Waals surface area contributed by atoms with Crippen LogP contribution in [0.5, 0.6) is 5.75 Å². The molecule has 0 saturated heterocycles. The van der Waals surface area contributed by atoms with E-state index in [9.17, 15) is 12.8 Å². The molecule has 0 bridgehead atoms. The van der Waals surface area contributed by atoms with Gasteiger partial charge in [-0.3, -0.25) is 0 Å². The van der Waals surface area contributed by atoms with E-state index in [4.69, 9.17) is 4.18 Å². The molecule has 1 heterocycles. The van der Waals surface area contributed by atoms with Gasteiger partial charge >= 0.3 is 10.3 Å². The highest BCUT2D eigenvalue weighted by Crippen LogP contribution is 2.38. The third kappa shape index (κ3) is 3.26. The molecular weight excluding hydrogens is 389 g/mol. The quantitative estimate of drug-likeness (QED) is 0.508. The van der Waals surface area contributed by atoms with Crippen molar-refractivity contribution in [3.63, 3.8) is 0 Å². The van der Waals surface area contributed by atoms with Crippen molar-refractivity contribution in [1.82, 2.24) is 4.72 Å². The molecule has 4 aromatic rings. The van der Waals surface area contributed by atoms with E-state index < -0.39 is 16.1 Å². The monoisotopic (exact) mass is 405 g/mol. The highest BCUT2D eigenvalue weighted by Gasteiger charge is 2.26. The molecule has 0 saturated carbocycles. The van der Waals surface area contributed by atoms with Gasteiger partial charge in [-0.15, -0.1) is 0 Å². The number of fused-ring (bicyclic) bond motifs is 2. The van der Waals surface area contributed by atoms with Gasteiger partial charge in [-0.25, -0.2) is 4.39 Å². The summed E-state index contributed by atoms with van der Waals surface area (Å²) in [7, 11) is -3.89. The molecule has 0 radical (unpaired) electrons. The first-order valence-corrected chi connectivity index (χ1v) is 10.5. The van der Waals surface area contributed by atoms with E-state index >= 15 is 0 Å². The first kappa shape index (κ1) is 17.8. The first-order valence-electron chi connectivity index (χ1n) is 9.10. The second-order valence-corrected chi connectivity index (χ2v) is 8.27. The normalized spacial score (nSPS) is 14.9. The minimum absolute atomic E-state index is 0.00346. The number of benzene rings is 4. The number of halogens is 1. The lowest BCUT2D eigenvalue weighted by Crippen LogP contribution is -2.32. The van der Waals surface area contributed by atoms with Gasteiger partial charge in [0, 0.05) is 17.7 Å². The van der Waals surface area contributed by atoms with Crippen molar-refractivity contribution in [2.75, 3.05) is 0 Å². The van der Waals surface area contributed by atoms with Gasteiger partial charge in [-0.2, -0.15) is 13.1 Å². The fourth-order valence-electron chi connectivity index (χ4n) is 3.71. The van der Waals surface area contributed by atoms with E-state index in [1.807, 2.05) is 42.5 Å². The Morgan fingerprint density at radius 1 is 0.828 bits per heavy atom. The molecular formula is C23H16FNO3S. The smallest absolute Gasteiger partial charge is 0.370 e. The van der Waals surface area contributed by atoms with Crippen LogP contribution < -0.4 is 8.91 Å². The number of rotatable bonds is 2. The fourth-order valence-corrected chi connectivity index (χ4v) is 4.51. The van der Waals surface area contributed by atoms with Crippen molar-refractivity contribution in [3.05, 3.63) is 90.2 Å². The van der Waals surface area contributed by atoms with E-state index in [0.717, 1.165) is 21.9 Å². The Morgan fingerprint density at radius 2 is 1.52 bits per heavy atom. The summed E-state index contributed by atoms with van der Waals surface area (Å²) in [5.41, 5.74) is 3.68. The van der Waals surface area contributed by atoms with Gasteiger partial charge in [0.25, 0.3) is 0 Å². The standard InChI is InChI=1S/C23H16FNO3S/c24-19-12-18-14-25-29(26,27)28-23(18)22(13-19)17-10-8-16(9-11-17)21-7-3-5-15-4-1-2-6-20(15)21/h1-13,25H,14H2. The van der Waals surface area contributed by atoms with E-state index in [2.05, 4.69) is 29.0 Å². The number of hydrogen-bond acceptors (Lipinski definition) is 3. The maximum atomic E-state index is 14.1. The van der Waals surface area contributed by atoms with Crippen LogP contribution in [0.3, 0.4) is 0 Å². The molecule has 1 aliphatic rings. The highest BCUT2D eigenvalue weighted by atomic mass is 32.2. The highest BCUT2D eigenvalue weighted by molar-refractivity contribution is 7.85. The van der Waals surface area contributed by atoms with Gasteiger partial charge in [-0.1, -0.05) is 66.7 Å². The summed E-state index contributed by atoms with van der Waals surface area (Å²) in [5, 5.41) is 2.30. The summed E-state index contributed by atoms with van der Waals surface area (Å²) in [6.45, 7) is -0.00346. The zero-order chi connectivity index (χ0) is 20.0. The Bertz CT molecular complexity index is 1340. The van der Waals surface area contributed by atoms with Crippen LogP contribution in [-0.4, -0.2) is 8.42 Å². The lowest BCUT2D eigenvalue weighted by atomic mass is 9.95. The van der Waals surface area contributed by atoms with Crippen LogP contribution in [0.25, 0.3) is 33.0 Å².